The highest BCUT2D eigenvalue weighted by atomic mass is 16.3. The lowest BCUT2D eigenvalue weighted by Crippen LogP contribution is -2.23. The Balaban J connectivity index is 1.83. The van der Waals surface area contributed by atoms with E-state index in [1.165, 1.54) is 10.8 Å². The van der Waals surface area contributed by atoms with Gasteiger partial charge in [-0.1, -0.05) is 24.3 Å². The highest BCUT2D eigenvalue weighted by molar-refractivity contribution is 6.04. The molecule has 0 aromatic heterocycles. The van der Waals surface area contributed by atoms with E-state index in [0.29, 0.717) is 5.69 Å². The molecule has 5 N–H and O–H groups in total. The minimum absolute atomic E-state index is 0.187. The van der Waals surface area contributed by atoms with E-state index in [1.54, 1.807) is 12.1 Å². The number of nitrogen functional groups attached to an aromatic ring is 1. The number of hydrogen-bond acceptors (Lipinski definition) is 4. The lowest BCUT2D eigenvalue weighted by atomic mass is 10.0. The summed E-state index contributed by atoms with van der Waals surface area (Å²) >= 11 is 0. The minimum atomic E-state index is -0.189. The van der Waals surface area contributed by atoms with Crippen molar-refractivity contribution < 1.29 is 5.11 Å². The molecule has 4 rings (SSSR count). The predicted molar refractivity (Wildman–Crippen MR) is 86.5 cm³/mol. The van der Waals surface area contributed by atoms with Crippen molar-refractivity contribution in [2.24, 2.45) is 0 Å². The molecular formula is C17H15N3O. The lowest BCUT2D eigenvalue weighted by molar-refractivity contribution is 0.466. The van der Waals surface area contributed by atoms with Crippen LogP contribution in [-0.2, 0) is 0 Å². The average Bonchev–Trinajstić information content (AvgIpc) is 2.47. The number of benzene rings is 3. The Morgan fingerprint density at radius 2 is 1.57 bits per heavy atom. The number of phenols is 1. The van der Waals surface area contributed by atoms with Crippen LogP contribution < -0.4 is 16.4 Å². The van der Waals surface area contributed by atoms with Gasteiger partial charge in [-0.3, -0.25) is 0 Å². The van der Waals surface area contributed by atoms with Crippen LogP contribution in [0.1, 0.15) is 11.7 Å². The maximum Gasteiger partial charge on any atom is 0.127 e. The molecule has 21 heavy (non-hydrogen) atoms. The highest BCUT2D eigenvalue weighted by Crippen LogP contribution is 2.40. The van der Waals surface area contributed by atoms with Gasteiger partial charge < -0.3 is 21.5 Å². The molecule has 0 saturated heterocycles. The Morgan fingerprint density at radius 1 is 0.905 bits per heavy atom. The number of phenolic OH excluding ortho intramolecular Hbond substituents is 1. The molecule has 0 saturated carbocycles. The molecule has 0 atom stereocenters. The van der Waals surface area contributed by atoms with E-state index in [0.717, 1.165) is 16.9 Å². The zero-order chi connectivity index (χ0) is 14.4. The second kappa shape index (κ2) is 4.31. The molecule has 104 valence electrons. The zero-order valence-corrected chi connectivity index (χ0v) is 11.3. The molecule has 0 radical (unpaired) electrons. The first-order valence-electron chi connectivity index (χ1n) is 6.85. The minimum Gasteiger partial charge on any atom is -0.507 e. The van der Waals surface area contributed by atoms with Crippen LogP contribution in [0.25, 0.3) is 10.8 Å². The van der Waals surface area contributed by atoms with Crippen LogP contribution in [0.4, 0.5) is 17.1 Å². The van der Waals surface area contributed by atoms with Crippen molar-refractivity contribution in [2.45, 2.75) is 6.17 Å². The van der Waals surface area contributed by atoms with Gasteiger partial charge in [0.1, 0.15) is 11.9 Å². The van der Waals surface area contributed by atoms with Gasteiger partial charge in [0.05, 0.1) is 0 Å². The smallest absolute Gasteiger partial charge is 0.127 e. The second-order valence-electron chi connectivity index (χ2n) is 5.25. The summed E-state index contributed by atoms with van der Waals surface area (Å²) in [5.74, 6) is 0.187. The number of hydrogen-bond donors (Lipinski definition) is 4. The quantitative estimate of drug-likeness (QED) is 0.512. The largest absolute Gasteiger partial charge is 0.507 e. The summed E-state index contributed by atoms with van der Waals surface area (Å²) in [5.41, 5.74) is 9.14. The summed E-state index contributed by atoms with van der Waals surface area (Å²) in [6, 6.07) is 17.5. The predicted octanol–water partition coefficient (Wildman–Crippen LogP) is 3.66. The third-order valence-electron chi connectivity index (χ3n) is 3.87. The van der Waals surface area contributed by atoms with Gasteiger partial charge in [0.15, 0.2) is 0 Å². The van der Waals surface area contributed by atoms with Crippen LogP contribution >= 0.6 is 0 Å². The summed E-state index contributed by atoms with van der Waals surface area (Å²) in [4.78, 5) is 0. The van der Waals surface area contributed by atoms with E-state index in [4.69, 9.17) is 5.73 Å². The van der Waals surface area contributed by atoms with Gasteiger partial charge >= 0.3 is 0 Å². The number of anilines is 3. The van der Waals surface area contributed by atoms with E-state index in [2.05, 4.69) is 22.8 Å². The van der Waals surface area contributed by atoms with Gasteiger partial charge in [-0.2, -0.15) is 0 Å². The monoisotopic (exact) mass is 277 g/mol. The molecule has 0 amide bonds. The van der Waals surface area contributed by atoms with Crippen LogP contribution in [0, 0.1) is 0 Å². The van der Waals surface area contributed by atoms with Crippen LogP contribution in [0.3, 0.4) is 0 Å². The maximum absolute atomic E-state index is 10.1. The van der Waals surface area contributed by atoms with E-state index in [1.807, 2.05) is 30.3 Å². The van der Waals surface area contributed by atoms with Gasteiger partial charge in [0, 0.05) is 34.1 Å². The van der Waals surface area contributed by atoms with Crippen LogP contribution in [0.5, 0.6) is 5.75 Å². The average molecular weight is 277 g/mol. The first kappa shape index (κ1) is 11.9. The summed E-state index contributed by atoms with van der Waals surface area (Å²) in [6.07, 6.45) is -0.189. The molecular weight excluding hydrogens is 262 g/mol. The molecule has 1 aliphatic rings. The highest BCUT2D eigenvalue weighted by Gasteiger charge is 2.22. The van der Waals surface area contributed by atoms with Crippen molar-refractivity contribution in [3.63, 3.8) is 0 Å². The van der Waals surface area contributed by atoms with Crippen molar-refractivity contribution in [1.29, 1.82) is 0 Å². The van der Waals surface area contributed by atoms with Crippen molar-refractivity contribution in [1.82, 2.24) is 0 Å². The van der Waals surface area contributed by atoms with Crippen molar-refractivity contribution in [2.75, 3.05) is 16.4 Å². The van der Waals surface area contributed by atoms with Crippen LogP contribution in [0.2, 0.25) is 0 Å². The van der Waals surface area contributed by atoms with E-state index in [-0.39, 0.29) is 11.9 Å². The standard InChI is InChI=1S/C17H15N3O/c18-11-7-8-12(15(21)9-11)17-19-13-5-1-3-10-4-2-6-14(20-17)16(10)13/h1-9,17,19-21H,18H2. The Labute approximate surface area is 122 Å². The first-order chi connectivity index (χ1) is 10.2. The Hall–Kier alpha value is -2.88. The Bertz CT molecular complexity index is 804. The number of rotatable bonds is 1. The zero-order valence-electron chi connectivity index (χ0n) is 11.3. The normalized spacial score (nSPS) is 13.7. The molecule has 4 nitrogen and oxygen atoms in total. The van der Waals surface area contributed by atoms with E-state index in [9.17, 15) is 5.11 Å². The van der Waals surface area contributed by atoms with Gasteiger partial charge in [-0.05, 0) is 29.7 Å². The first-order valence-corrected chi connectivity index (χ1v) is 6.85. The summed E-state index contributed by atoms with van der Waals surface area (Å²) < 4.78 is 0. The van der Waals surface area contributed by atoms with Gasteiger partial charge in [-0.15, -0.1) is 0 Å². The second-order valence-corrected chi connectivity index (χ2v) is 5.25. The van der Waals surface area contributed by atoms with E-state index >= 15 is 0 Å². The van der Waals surface area contributed by atoms with Crippen LogP contribution in [0.15, 0.2) is 54.6 Å². The molecule has 1 heterocycles. The molecule has 3 aromatic carbocycles. The van der Waals surface area contributed by atoms with Gasteiger partial charge in [0.2, 0.25) is 0 Å². The fourth-order valence-electron chi connectivity index (χ4n) is 2.89. The SMILES string of the molecule is Nc1ccc(C2Nc3cccc4cccc(c34)N2)c(O)c1. The molecule has 0 unspecified atom stereocenters. The summed E-state index contributed by atoms with van der Waals surface area (Å²) in [5, 5.41) is 19.3. The number of aromatic hydroxyl groups is 1. The number of nitrogens with two attached hydrogens (primary N) is 1. The Kier molecular flexibility index (Phi) is 2.44. The van der Waals surface area contributed by atoms with Crippen molar-refractivity contribution in [3.05, 3.63) is 60.2 Å². The van der Waals surface area contributed by atoms with Crippen molar-refractivity contribution in [3.8, 4) is 5.75 Å². The third kappa shape index (κ3) is 1.84. The molecule has 0 aliphatic carbocycles. The van der Waals surface area contributed by atoms with Crippen LogP contribution in [-0.4, -0.2) is 5.11 Å². The molecule has 4 heteroatoms. The maximum atomic E-state index is 10.1. The van der Waals surface area contributed by atoms with Gasteiger partial charge in [0.25, 0.3) is 0 Å². The fourth-order valence-corrected chi connectivity index (χ4v) is 2.89. The van der Waals surface area contributed by atoms with Crippen molar-refractivity contribution >= 4 is 27.8 Å². The number of nitrogens with one attached hydrogen (secondary N) is 2. The molecule has 1 aliphatic heterocycles. The topological polar surface area (TPSA) is 70.3 Å². The summed E-state index contributed by atoms with van der Waals surface area (Å²) in [6.45, 7) is 0. The van der Waals surface area contributed by atoms with E-state index < -0.39 is 0 Å². The third-order valence-corrected chi connectivity index (χ3v) is 3.87. The molecule has 0 spiro atoms. The molecule has 0 fully saturated rings. The molecule has 0 bridgehead atoms. The molecule has 3 aromatic rings. The summed E-state index contributed by atoms with van der Waals surface area (Å²) in [7, 11) is 0. The lowest BCUT2D eigenvalue weighted by Gasteiger charge is -2.30. The van der Waals surface area contributed by atoms with Gasteiger partial charge in [-0.25, -0.2) is 0 Å². The fraction of sp³-hybridized carbons (Fsp3) is 0.0588. The Morgan fingerprint density at radius 3 is 2.19 bits per heavy atom.